The van der Waals surface area contributed by atoms with Crippen LogP contribution in [-0.4, -0.2) is 10.9 Å². The zero-order chi connectivity index (χ0) is 17.8. The molecule has 3 aromatic rings. The highest BCUT2D eigenvalue weighted by atomic mass is 35.5. The number of aryl methyl sites for hydroxylation is 2. The van der Waals surface area contributed by atoms with E-state index in [1.165, 1.54) is 0 Å². The van der Waals surface area contributed by atoms with Gasteiger partial charge in [0.25, 0.3) is 5.91 Å². The van der Waals surface area contributed by atoms with Gasteiger partial charge >= 0.3 is 0 Å². The van der Waals surface area contributed by atoms with E-state index in [0.717, 1.165) is 28.2 Å². The molecule has 2 aromatic carbocycles. The molecule has 4 nitrogen and oxygen atoms in total. The van der Waals surface area contributed by atoms with Crippen LogP contribution in [0.3, 0.4) is 0 Å². The van der Waals surface area contributed by atoms with Gasteiger partial charge in [0.2, 0.25) is 0 Å². The third-order valence-electron chi connectivity index (χ3n) is 3.74. The highest BCUT2D eigenvalue weighted by molar-refractivity contribution is 6.31. The minimum atomic E-state index is -0.205. The van der Waals surface area contributed by atoms with E-state index >= 15 is 0 Å². The van der Waals surface area contributed by atoms with Crippen molar-refractivity contribution in [3.8, 4) is 0 Å². The van der Waals surface area contributed by atoms with Crippen LogP contribution in [0.2, 0.25) is 5.02 Å². The van der Waals surface area contributed by atoms with Crippen LogP contribution in [0.4, 0.5) is 17.1 Å². The van der Waals surface area contributed by atoms with E-state index in [-0.39, 0.29) is 5.91 Å². The van der Waals surface area contributed by atoms with Crippen molar-refractivity contribution < 1.29 is 4.79 Å². The van der Waals surface area contributed by atoms with Crippen molar-refractivity contribution in [3.63, 3.8) is 0 Å². The van der Waals surface area contributed by atoms with Crippen LogP contribution in [0.5, 0.6) is 0 Å². The molecule has 0 aliphatic carbocycles. The van der Waals surface area contributed by atoms with Crippen LogP contribution in [0, 0.1) is 13.8 Å². The summed E-state index contributed by atoms with van der Waals surface area (Å²) in [6.45, 7) is 3.93. The largest absolute Gasteiger partial charge is 0.354 e. The Morgan fingerprint density at radius 1 is 0.960 bits per heavy atom. The maximum absolute atomic E-state index is 12.4. The second-order valence-electron chi connectivity index (χ2n) is 5.87. The van der Waals surface area contributed by atoms with Crippen LogP contribution >= 0.6 is 11.6 Å². The summed E-state index contributed by atoms with van der Waals surface area (Å²) in [5, 5.41) is 6.78. The highest BCUT2D eigenvalue weighted by Crippen LogP contribution is 2.23. The van der Waals surface area contributed by atoms with Gasteiger partial charge < -0.3 is 10.6 Å². The number of anilines is 3. The van der Waals surface area contributed by atoms with Gasteiger partial charge in [-0.3, -0.25) is 9.78 Å². The lowest BCUT2D eigenvalue weighted by Gasteiger charge is -2.10. The third-order valence-corrected chi connectivity index (χ3v) is 4.14. The Hall–Kier alpha value is -2.85. The molecule has 0 atom stereocenters. The molecule has 1 amide bonds. The number of hydrogen-bond donors (Lipinski definition) is 2. The molecule has 2 N–H and O–H groups in total. The lowest BCUT2D eigenvalue weighted by Crippen LogP contribution is -2.12. The molecule has 0 saturated heterocycles. The summed E-state index contributed by atoms with van der Waals surface area (Å²) < 4.78 is 0. The second kappa shape index (κ2) is 7.36. The van der Waals surface area contributed by atoms with Gasteiger partial charge in [0, 0.05) is 22.6 Å². The summed E-state index contributed by atoms with van der Waals surface area (Å²) in [5.41, 5.74) is 4.89. The Morgan fingerprint density at radius 3 is 2.56 bits per heavy atom. The fourth-order valence-electron chi connectivity index (χ4n) is 2.40. The lowest BCUT2D eigenvalue weighted by atomic mass is 10.2. The predicted octanol–water partition coefficient (Wildman–Crippen LogP) is 5.35. The van der Waals surface area contributed by atoms with E-state index in [2.05, 4.69) is 15.6 Å². The zero-order valence-corrected chi connectivity index (χ0v) is 14.8. The number of hydrogen-bond acceptors (Lipinski definition) is 3. The topological polar surface area (TPSA) is 54.0 Å². The Morgan fingerprint density at radius 2 is 1.80 bits per heavy atom. The Kier molecular flexibility index (Phi) is 5.00. The van der Waals surface area contributed by atoms with E-state index in [0.29, 0.717) is 10.6 Å². The van der Waals surface area contributed by atoms with Gasteiger partial charge in [-0.1, -0.05) is 29.8 Å². The number of amides is 1. The number of aromatic nitrogens is 1. The van der Waals surface area contributed by atoms with Gasteiger partial charge in [-0.15, -0.1) is 0 Å². The van der Waals surface area contributed by atoms with Gasteiger partial charge in [0.15, 0.2) is 0 Å². The number of nitrogens with zero attached hydrogens (tertiary/aromatic N) is 1. The first kappa shape index (κ1) is 17.0. The lowest BCUT2D eigenvalue weighted by molar-refractivity contribution is 0.102. The molecule has 0 fully saturated rings. The quantitative estimate of drug-likeness (QED) is 0.666. The van der Waals surface area contributed by atoms with Crippen molar-refractivity contribution in [1.82, 2.24) is 4.98 Å². The summed E-state index contributed by atoms with van der Waals surface area (Å²) in [6, 6.07) is 15.1. The van der Waals surface area contributed by atoms with Crippen LogP contribution in [0.25, 0.3) is 0 Å². The molecule has 0 radical (unpaired) electrons. The SMILES string of the molecule is Cc1cccc(NC(=O)c2cncc(Nc3ccc(C)c(Cl)c3)c2)c1. The molecular formula is C20H18ClN3O. The van der Waals surface area contributed by atoms with Crippen molar-refractivity contribution in [2.24, 2.45) is 0 Å². The highest BCUT2D eigenvalue weighted by Gasteiger charge is 2.08. The normalized spacial score (nSPS) is 10.4. The van der Waals surface area contributed by atoms with Gasteiger partial charge in [0.1, 0.15) is 0 Å². The van der Waals surface area contributed by atoms with Gasteiger partial charge in [-0.05, 0) is 55.3 Å². The van der Waals surface area contributed by atoms with Crippen LogP contribution in [0.15, 0.2) is 60.9 Å². The maximum Gasteiger partial charge on any atom is 0.257 e. The van der Waals surface area contributed by atoms with Gasteiger partial charge in [0.05, 0.1) is 17.4 Å². The first-order valence-electron chi connectivity index (χ1n) is 7.87. The number of carbonyl (C=O) groups is 1. The molecule has 0 unspecified atom stereocenters. The Balaban J connectivity index is 1.76. The summed E-state index contributed by atoms with van der Waals surface area (Å²) in [4.78, 5) is 16.6. The van der Waals surface area contributed by atoms with E-state index in [1.54, 1.807) is 18.5 Å². The van der Waals surface area contributed by atoms with Crippen molar-refractivity contribution in [1.29, 1.82) is 0 Å². The average molecular weight is 352 g/mol. The molecule has 25 heavy (non-hydrogen) atoms. The molecule has 5 heteroatoms. The fourth-order valence-corrected chi connectivity index (χ4v) is 2.58. The molecule has 1 heterocycles. The molecule has 0 aliphatic rings. The van der Waals surface area contributed by atoms with E-state index in [4.69, 9.17) is 11.6 Å². The number of rotatable bonds is 4. The molecule has 3 rings (SSSR count). The molecular weight excluding hydrogens is 334 g/mol. The number of carbonyl (C=O) groups excluding carboxylic acids is 1. The molecule has 0 saturated carbocycles. The van der Waals surface area contributed by atoms with Crippen LogP contribution in [-0.2, 0) is 0 Å². The minimum absolute atomic E-state index is 0.205. The number of benzene rings is 2. The summed E-state index contributed by atoms with van der Waals surface area (Å²) >= 11 is 6.15. The summed E-state index contributed by atoms with van der Waals surface area (Å²) in [5.74, 6) is -0.205. The molecule has 1 aromatic heterocycles. The maximum atomic E-state index is 12.4. The van der Waals surface area contributed by atoms with Crippen LogP contribution in [0.1, 0.15) is 21.5 Å². The third kappa shape index (κ3) is 4.37. The van der Waals surface area contributed by atoms with Gasteiger partial charge in [-0.25, -0.2) is 0 Å². The van der Waals surface area contributed by atoms with E-state index < -0.39 is 0 Å². The number of pyridine rings is 1. The summed E-state index contributed by atoms with van der Waals surface area (Å²) in [7, 11) is 0. The Labute approximate surface area is 151 Å². The standard InChI is InChI=1S/C20H18ClN3O/c1-13-4-3-5-16(8-13)24-20(25)15-9-18(12-22-11-15)23-17-7-6-14(2)19(21)10-17/h3-12,23H,1-2H3,(H,24,25). The minimum Gasteiger partial charge on any atom is -0.354 e. The first-order chi connectivity index (χ1) is 12.0. The first-order valence-corrected chi connectivity index (χ1v) is 8.25. The summed E-state index contributed by atoms with van der Waals surface area (Å²) in [6.07, 6.45) is 3.20. The zero-order valence-electron chi connectivity index (χ0n) is 14.0. The predicted molar refractivity (Wildman–Crippen MR) is 103 cm³/mol. The van der Waals surface area contributed by atoms with E-state index in [9.17, 15) is 4.79 Å². The average Bonchev–Trinajstić information content (AvgIpc) is 2.58. The van der Waals surface area contributed by atoms with Gasteiger partial charge in [-0.2, -0.15) is 0 Å². The fraction of sp³-hybridized carbons (Fsp3) is 0.100. The molecule has 126 valence electrons. The number of nitrogens with one attached hydrogen (secondary N) is 2. The second-order valence-corrected chi connectivity index (χ2v) is 6.28. The van der Waals surface area contributed by atoms with Crippen molar-refractivity contribution in [2.75, 3.05) is 10.6 Å². The van der Waals surface area contributed by atoms with Crippen molar-refractivity contribution in [2.45, 2.75) is 13.8 Å². The molecule has 0 aliphatic heterocycles. The van der Waals surface area contributed by atoms with Crippen LogP contribution < -0.4 is 10.6 Å². The Bertz CT molecular complexity index is 924. The van der Waals surface area contributed by atoms with E-state index in [1.807, 2.05) is 56.3 Å². The van der Waals surface area contributed by atoms with Crippen molar-refractivity contribution >= 4 is 34.6 Å². The van der Waals surface area contributed by atoms with Crippen molar-refractivity contribution in [3.05, 3.63) is 82.6 Å². The monoisotopic (exact) mass is 351 g/mol. The molecule has 0 spiro atoms. The smallest absolute Gasteiger partial charge is 0.257 e. The number of halogens is 1. The molecule has 0 bridgehead atoms.